The van der Waals surface area contributed by atoms with Crippen molar-refractivity contribution in [3.05, 3.63) is 12.2 Å². The molecule has 1 amide bonds. The number of carboxylic acids is 1. The van der Waals surface area contributed by atoms with Crippen molar-refractivity contribution in [2.45, 2.75) is 110 Å². The number of aliphatic carboxylic acids is 1. The van der Waals surface area contributed by atoms with Gasteiger partial charge in [0, 0.05) is 6.42 Å². The lowest BCUT2D eigenvalue weighted by Crippen LogP contribution is -2.45. The predicted octanol–water partition coefficient (Wildman–Crippen LogP) is 4.65. The predicted molar refractivity (Wildman–Crippen MR) is 108 cm³/mol. The van der Waals surface area contributed by atoms with Crippen molar-refractivity contribution in [2.24, 2.45) is 0 Å². The number of hydrogen-bond acceptors (Lipinski definition) is 3. The lowest BCUT2D eigenvalue weighted by molar-refractivity contribution is -0.307. The van der Waals surface area contributed by atoms with Gasteiger partial charge < -0.3 is 21.4 Å². The van der Waals surface area contributed by atoms with Crippen molar-refractivity contribution in [3.63, 3.8) is 0 Å². The molecule has 5 N–H and O–H groups in total. The molecule has 0 bridgehead atoms. The maximum atomic E-state index is 11.5. The van der Waals surface area contributed by atoms with E-state index in [2.05, 4.69) is 24.4 Å². The fourth-order valence-electron chi connectivity index (χ4n) is 2.73. The van der Waals surface area contributed by atoms with Crippen LogP contribution in [0.5, 0.6) is 0 Å². The first-order chi connectivity index (χ1) is 12.1. The molecule has 0 saturated heterocycles. The van der Waals surface area contributed by atoms with Crippen molar-refractivity contribution in [2.75, 3.05) is 0 Å². The molecular formula is C21H42N2O3. The number of amides is 1. The topological polar surface area (TPSA) is 106 Å². The Morgan fingerprint density at radius 1 is 0.846 bits per heavy atom. The largest absolute Gasteiger partial charge is 0.548 e. The molecule has 0 unspecified atom stereocenters. The molecule has 0 aromatic carbocycles. The lowest BCUT2D eigenvalue weighted by Gasteiger charge is -2.14. The average Bonchev–Trinajstić information content (AvgIpc) is 2.58. The standard InChI is InChI=1S/C21H39NO3.H3N/c1-3-4-5-6-7-8-9-10-11-12-13-14-15-16-17-18-20(23)22-19(2)21(24)25;/h10-11,19H,3-9,12-18H2,1-2H3,(H,22,23)(H,24,25);1H3/b11-10-;/t19-;/m0./s1. The second-order valence-corrected chi connectivity index (χ2v) is 6.94. The lowest BCUT2D eigenvalue weighted by atomic mass is 10.1. The number of nitrogens with one attached hydrogen (secondary N) is 1. The normalized spacial score (nSPS) is 11.9. The number of carbonyl (C=O) groups excluding carboxylic acids is 2. The van der Waals surface area contributed by atoms with Gasteiger partial charge in [-0.3, -0.25) is 4.79 Å². The zero-order valence-electron chi connectivity index (χ0n) is 17.4. The van der Waals surface area contributed by atoms with Crippen molar-refractivity contribution in [1.29, 1.82) is 0 Å². The summed E-state index contributed by atoms with van der Waals surface area (Å²) in [4.78, 5) is 22.0. The number of hydrogen-bond donors (Lipinski definition) is 2. The molecule has 0 aliphatic heterocycles. The average molecular weight is 371 g/mol. The summed E-state index contributed by atoms with van der Waals surface area (Å²) in [6.45, 7) is 3.67. The van der Waals surface area contributed by atoms with Crippen LogP contribution in [0.1, 0.15) is 104 Å². The van der Waals surface area contributed by atoms with Crippen LogP contribution in [0.3, 0.4) is 0 Å². The summed E-state index contributed by atoms with van der Waals surface area (Å²) in [6, 6.07) is -0.907. The Balaban J connectivity index is 0. The van der Waals surface area contributed by atoms with Crippen LogP contribution in [0.25, 0.3) is 0 Å². The summed E-state index contributed by atoms with van der Waals surface area (Å²) in [6.07, 6.45) is 20.9. The zero-order chi connectivity index (χ0) is 18.8. The molecule has 0 radical (unpaired) electrons. The number of rotatable bonds is 17. The van der Waals surface area contributed by atoms with Crippen LogP contribution < -0.4 is 16.6 Å². The summed E-state index contributed by atoms with van der Waals surface area (Å²) >= 11 is 0. The highest BCUT2D eigenvalue weighted by atomic mass is 16.4. The number of quaternary nitrogens is 1. The van der Waals surface area contributed by atoms with E-state index in [1.165, 1.54) is 64.7 Å². The van der Waals surface area contributed by atoms with Crippen LogP contribution in [0.2, 0.25) is 0 Å². The molecule has 0 saturated carbocycles. The van der Waals surface area contributed by atoms with Gasteiger partial charge in [-0.1, -0.05) is 70.4 Å². The SMILES string of the molecule is CCCCCCCC/C=C\CCCCCCCC(=O)N[C@@H](C)C(=O)[O-].[NH4+]. The molecule has 0 aliphatic carbocycles. The molecule has 0 spiro atoms. The minimum atomic E-state index is -1.24. The second kappa shape index (κ2) is 20.0. The van der Waals surface area contributed by atoms with Crippen molar-refractivity contribution in [3.8, 4) is 0 Å². The molecule has 0 aromatic heterocycles. The molecule has 5 nitrogen and oxygen atoms in total. The molecular weight excluding hydrogens is 328 g/mol. The molecule has 0 rings (SSSR count). The van der Waals surface area contributed by atoms with Gasteiger partial charge in [0.15, 0.2) is 0 Å². The summed E-state index contributed by atoms with van der Waals surface area (Å²) in [5.41, 5.74) is 0. The Kier molecular flexibility index (Phi) is 20.6. The fourth-order valence-corrected chi connectivity index (χ4v) is 2.73. The maximum absolute atomic E-state index is 11.5. The first-order valence-electron chi connectivity index (χ1n) is 10.2. The third-order valence-corrected chi connectivity index (χ3v) is 4.40. The molecule has 0 fully saturated rings. The molecule has 0 aromatic rings. The van der Waals surface area contributed by atoms with Crippen LogP contribution in [-0.2, 0) is 9.59 Å². The Bertz CT molecular complexity index is 370. The van der Waals surface area contributed by atoms with Gasteiger partial charge in [-0.2, -0.15) is 0 Å². The molecule has 0 heterocycles. The third kappa shape index (κ3) is 19.0. The number of unbranched alkanes of at least 4 members (excludes halogenated alkanes) is 11. The van der Waals surface area contributed by atoms with E-state index in [-0.39, 0.29) is 12.1 Å². The minimum Gasteiger partial charge on any atom is -0.548 e. The van der Waals surface area contributed by atoms with E-state index in [9.17, 15) is 14.7 Å². The van der Waals surface area contributed by atoms with Crippen LogP contribution in [-0.4, -0.2) is 17.9 Å². The third-order valence-electron chi connectivity index (χ3n) is 4.40. The fraction of sp³-hybridized carbons (Fsp3) is 0.810. The second-order valence-electron chi connectivity index (χ2n) is 6.94. The van der Waals surface area contributed by atoms with Gasteiger partial charge in [0.2, 0.25) is 5.91 Å². The van der Waals surface area contributed by atoms with E-state index in [1.807, 2.05) is 0 Å². The zero-order valence-corrected chi connectivity index (χ0v) is 17.4. The van der Waals surface area contributed by atoms with Gasteiger partial charge in [0.1, 0.15) is 0 Å². The monoisotopic (exact) mass is 370 g/mol. The summed E-state index contributed by atoms with van der Waals surface area (Å²) in [5, 5.41) is 12.9. The highest BCUT2D eigenvalue weighted by molar-refractivity contribution is 5.82. The summed E-state index contributed by atoms with van der Waals surface area (Å²) in [5.74, 6) is -1.44. The van der Waals surface area contributed by atoms with E-state index in [1.54, 1.807) is 0 Å². The van der Waals surface area contributed by atoms with E-state index < -0.39 is 12.0 Å². The Morgan fingerprint density at radius 2 is 1.31 bits per heavy atom. The highest BCUT2D eigenvalue weighted by Crippen LogP contribution is 2.10. The molecule has 26 heavy (non-hydrogen) atoms. The molecule has 1 atom stereocenters. The minimum absolute atomic E-state index is 0. The van der Waals surface area contributed by atoms with Crippen molar-refractivity contribution in [1.82, 2.24) is 11.5 Å². The van der Waals surface area contributed by atoms with E-state index in [4.69, 9.17) is 0 Å². The van der Waals surface area contributed by atoms with Gasteiger partial charge in [-0.05, 0) is 39.0 Å². The number of carboxylic acid groups (broad SMARTS) is 1. The van der Waals surface area contributed by atoms with Crippen LogP contribution >= 0.6 is 0 Å². The molecule has 154 valence electrons. The van der Waals surface area contributed by atoms with E-state index >= 15 is 0 Å². The Morgan fingerprint density at radius 3 is 1.81 bits per heavy atom. The molecule has 5 heteroatoms. The summed E-state index contributed by atoms with van der Waals surface area (Å²) < 4.78 is 0. The Hall–Kier alpha value is -1.36. The maximum Gasteiger partial charge on any atom is 0.220 e. The first-order valence-corrected chi connectivity index (χ1v) is 10.2. The van der Waals surface area contributed by atoms with Crippen molar-refractivity contribution >= 4 is 11.9 Å². The smallest absolute Gasteiger partial charge is 0.220 e. The highest BCUT2D eigenvalue weighted by Gasteiger charge is 2.06. The molecule has 0 aliphatic rings. The van der Waals surface area contributed by atoms with Gasteiger partial charge in [-0.25, -0.2) is 0 Å². The van der Waals surface area contributed by atoms with Gasteiger partial charge in [0.25, 0.3) is 0 Å². The van der Waals surface area contributed by atoms with Crippen LogP contribution in [0.15, 0.2) is 12.2 Å². The Labute approximate surface area is 160 Å². The van der Waals surface area contributed by atoms with Crippen LogP contribution in [0, 0.1) is 0 Å². The van der Waals surface area contributed by atoms with Gasteiger partial charge >= 0.3 is 0 Å². The van der Waals surface area contributed by atoms with Gasteiger partial charge in [-0.15, -0.1) is 0 Å². The van der Waals surface area contributed by atoms with Gasteiger partial charge in [0.05, 0.1) is 12.0 Å². The van der Waals surface area contributed by atoms with Crippen LogP contribution in [0.4, 0.5) is 0 Å². The van der Waals surface area contributed by atoms with E-state index in [0.717, 1.165) is 25.7 Å². The van der Waals surface area contributed by atoms with Crippen molar-refractivity contribution < 1.29 is 14.7 Å². The first kappa shape index (κ1) is 26.9. The summed E-state index contributed by atoms with van der Waals surface area (Å²) in [7, 11) is 0. The number of allylic oxidation sites excluding steroid dienone is 2. The quantitative estimate of drug-likeness (QED) is 0.287. The number of carbonyl (C=O) groups is 2. The van der Waals surface area contributed by atoms with E-state index in [0.29, 0.717) is 6.42 Å².